The van der Waals surface area contributed by atoms with Crippen LogP contribution in [0.5, 0.6) is 17.2 Å². The van der Waals surface area contributed by atoms with Crippen LogP contribution in [0.2, 0.25) is 0 Å². The van der Waals surface area contributed by atoms with Crippen molar-refractivity contribution in [3.8, 4) is 17.2 Å². The van der Waals surface area contributed by atoms with Crippen molar-refractivity contribution in [3.63, 3.8) is 0 Å². The van der Waals surface area contributed by atoms with Crippen molar-refractivity contribution in [2.75, 3.05) is 20.3 Å². The van der Waals surface area contributed by atoms with Gasteiger partial charge in [0.15, 0.2) is 11.5 Å². The summed E-state index contributed by atoms with van der Waals surface area (Å²) in [5.74, 6) is 2.35. The molecule has 1 aliphatic heterocycles. The molecule has 1 aromatic heterocycles. The Hall–Kier alpha value is -1.24. The van der Waals surface area contributed by atoms with E-state index in [1.165, 1.54) is 0 Å². The van der Waals surface area contributed by atoms with Gasteiger partial charge in [-0.05, 0) is 23.8 Å². The third-order valence-electron chi connectivity index (χ3n) is 3.34. The SMILES string of the molecule is COc1csc(C(N)c2cc3c(cc2Br)OCCCO3)c1. The Balaban J connectivity index is 1.95. The summed E-state index contributed by atoms with van der Waals surface area (Å²) >= 11 is 5.16. The highest BCUT2D eigenvalue weighted by Crippen LogP contribution is 2.40. The molecule has 0 saturated heterocycles. The summed E-state index contributed by atoms with van der Waals surface area (Å²) in [4.78, 5) is 1.04. The van der Waals surface area contributed by atoms with Gasteiger partial charge in [0, 0.05) is 21.2 Å². The van der Waals surface area contributed by atoms with Gasteiger partial charge in [-0.3, -0.25) is 0 Å². The number of hydrogen-bond donors (Lipinski definition) is 1. The highest BCUT2D eigenvalue weighted by Gasteiger charge is 2.20. The molecule has 2 aromatic rings. The molecule has 0 aliphatic carbocycles. The van der Waals surface area contributed by atoms with E-state index in [0.717, 1.165) is 38.6 Å². The van der Waals surface area contributed by atoms with E-state index >= 15 is 0 Å². The van der Waals surface area contributed by atoms with Crippen molar-refractivity contribution in [2.45, 2.75) is 12.5 Å². The minimum absolute atomic E-state index is 0.231. The zero-order valence-corrected chi connectivity index (χ0v) is 14.0. The van der Waals surface area contributed by atoms with Crippen LogP contribution in [-0.2, 0) is 0 Å². The standard InChI is InChI=1S/C15H16BrNO3S/c1-18-9-5-14(21-8-9)15(17)10-6-12-13(7-11(10)16)20-4-2-3-19-12/h5-8,15H,2-4,17H2,1H3. The molecule has 6 heteroatoms. The van der Waals surface area contributed by atoms with E-state index in [9.17, 15) is 0 Å². The molecular weight excluding hydrogens is 354 g/mol. The van der Waals surface area contributed by atoms with Gasteiger partial charge in [0.25, 0.3) is 0 Å². The van der Waals surface area contributed by atoms with E-state index in [1.54, 1.807) is 18.4 Å². The van der Waals surface area contributed by atoms with Crippen molar-refractivity contribution in [1.29, 1.82) is 0 Å². The number of nitrogens with two attached hydrogens (primary N) is 1. The van der Waals surface area contributed by atoms with Crippen LogP contribution in [0.3, 0.4) is 0 Å². The summed E-state index contributed by atoms with van der Waals surface area (Å²) in [6.45, 7) is 1.34. The molecule has 0 radical (unpaired) electrons. The van der Waals surface area contributed by atoms with Crippen molar-refractivity contribution in [2.24, 2.45) is 5.73 Å². The zero-order chi connectivity index (χ0) is 14.8. The second-order valence-corrected chi connectivity index (χ2v) is 6.53. The minimum atomic E-state index is -0.231. The van der Waals surface area contributed by atoms with Crippen molar-refractivity contribution in [1.82, 2.24) is 0 Å². The predicted octanol–water partition coefficient (Wildman–Crippen LogP) is 3.73. The molecule has 0 fully saturated rings. The van der Waals surface area contributed by atoms with Crippen molar-refractivity contribution < 1.29 is 14.2 Å². The number of rotatable bonds is 3. The van der Waals surface area contributed by atoms with Crippen LogP contribution >= 0.6 is 27.3 Å². The maximum absolute atomic E-state index is 6.39. The van der Waals surface area contributed by atoms with Gasteiger partial charge in [-0.2, -0.15) is 0 Å². The first-order valence-corrected chi connectivity index (χ1v) is 8.33. The molecule has 1 aliphatic rings. The number of halogens is 1. The van der Waals surface area contributed by atoms with Crippen LogP contribution in [0.4, 0.5) is 0 Å². The molecule has 2 heterocycles. The van der Waals surface area contributed by atoms with Gasteiger partial charge in [-0.15, -0.1) is 11.3 Å². The molecular formula is C15H16BrNO3S. The van der Waals surface area contributed by atoms with Crippen LogP contribution in [0.15, 0.2) is 28.1 Å². The molecule has 0 saturated carbocycles. The average molecular weight is 370 g/mol. The summed E-state index contributed by atoms with van der Waals surface area (Å²) in [5.41, 5.74) is 7.36. The Bertz CT molecular complexity index is 644. The number of thiophene rings is 1. The summed E-state index contributed by atoms with van der Waals surface area (Å²) in [5, 5.41) is 1.95. The highest BCUT2D eigenvalue weighted by molar-refractivity contribution is 9.10. The lowest BCUT2D eigenvalue weighted by atomic mass is 10.1. The average Bonchev–Trinajstić information content (AvgIpc) is 2.86. The predicted molar refractivity (Wildman–Crippen MR) is 86.7 cm³/mol. The first-order valence-electron chi connectivity index (χ1n) is 6.66. The van der Waals surface area contributed by atoms with Gasteiger partial charge in [-0.25, -0.2) is 0 Å². The number of hydrogen-bond acceptors (Lipinski definition) is 5. The monoisotopic (exact) mass is 369 g/mol. The molecule has 3 rings (SSSR count). The number of ether oxygens (including phenoxy) is 3. The fourth-order valence-electron chi connectivity index (χ4n) is 2.20. The zero-order valence-electron chi connectivity index (χ0n) is 11.6. The lowest BCUT2D eigenvalue weighted by molar-refractivity contribution is 0.297. The molecule has 112 valence electrons. The van der Waals surface area contributed by atoms with Gasteiger partial charge in [-0.1, -0.05) is 15.9 Å². The third kappa shape index (κ3) is 3.02. The Morgan fingerprint density at radius 1 is 1.24 bits per heavy atom. The lowest BCUT2D eigenvalue weighted by Crippen LogP contribution is -2.11. The minimum Gasteiger partial charge on any atom is -0.496 e. The molecule has 0 bridgehead atoms. The van der Waals surface area contributed by atoms with Crippen molar-refractivity contribution >= 4 is 27.3 Å². The number of fused-ring (bicyclic) bond motifs is 1. The second-order valence-electron chi connectivity index (χ2n) is 4.74. The Kier molecular flexibility index (Phi) is 4.37. The molecule has 1 aromatic carbocycles. The Morgan fingerprint density at radius 2 is 1.95 bits per heavy atom. The number of methoxy groups -OCH3 is 1. The Morgan fingerprint density at radius 3 is 2.62 bits per heavy atom. The molecule has 1 atom stereocenters. The molecule has 2 N–H and O–H groups in total. The lowest BCUT2D eigenvalue weighted by Gasteiger charge is -2.16. The van der Waals surface area contributed by atoms with Crippen LogP contribution in [0.1, 0.15) is 22.9 Å². The molecule has 0 spiro atoms. The van der Waals surface area contributed by atoms with Crippen molar-refractivity contribution in [3.05, 3.63) is 38.5 Å². The fourth-order valence-corrected chi connectivity index (χ4v) is 3.64. The van der Waals surface area contributed by atoms with E-state index in [2.05, 4.69) is 15.9 Å². The van der Waals surface area contributed by atoms with E-state index in [-0.39, 0.29) is 6.04 Å². The van der Waals surface area contributed by atoms with Crippen LogP contribution in [0, 0.1) is 0 Å². The van der Waals surface area contributed by atoms with E-state index in [1.807, 2.05) is 23.6 Å². The number of benzene rings is 1. The summed E-state index contributed by atoms with van der Waals surface area (Å²) in [6, 6.07) is 5.62. The van der Waals surface area contributed by atoms with Crippen LogP contribution in [-0.4, -0.2) is 20.3 Å². The summed E-state index contributed by atoms with van der Waals surface area (Å²) < 4.78 is 17.6. The van der Waals surface area contributed by atoms with Gasteiger partial charge in [0.05, 0.1) is 26.4 Å². The Labute approximate surface area is 135 Å². The van der Waals surface area contributed by atoms with Crippen LogP contribution < -0.4 is 19.9 Å². The van der Waals surface area contributed by atoms with Gasteiger partial charge in [0.2, 0.25) is 0 Å². The maximum atomic E-state index is 6.39. The van der Waals surface area contributed by atoms with Gasteiger partial charge >= 0.3 is 0 Å². The van der Waals surface area contributed by atoms with E-state index in [0.29, 0.717) is 13.2 Å². The first-order chi connectivity index (χ1) is 10.2. The smallest absolute Gasteiger partial charge is 0.162 e. The molecule has 21 heavy (non-hydrogen) atoms. The molecule has 1 unspecified atom stereocenters. The van der Waals surface area contributed by atoms with Gasteiger partial charge in [0.1, 0.15) is 5.75 Å². The molecule has 4 nitrogen and oxygen atoms in total. The second kappa shape index (κ2) is 6.25. The quantitative estimate of drug-likeness (QED) is 0.895. The maximum Gasteiger partial charge on any atom is 0.162 e. The molecule has 0 amide bonds. The fraction of sp³-hybridized carbons (Fsp3) is 0.333. The largest absolute Gasteiger partial charge is 0.496 e. The van der Waals surface area contributed by atoms with E-state index < -0.39 is 0 Å². The van der Waals surface area contributed by atoms with Gasteiger partial charge < -0.3 is 19.9 Å². The topological polar surface area (TPSA) is 53.7 Å². The van der Waals surface area contributed by atoms with E-state index in [4.69, 9.17) is 19.9 Å². The first kappa shape index (κ1) is 14.7. The normalized spacial score (nSPS) is 15.4. The van der Waals surface area contributed by atoms with Crippen LogP contribution in [0.25, 0.3) is 0 Å². The third-order valence-corrected chi connectivity index (χ3v) is 5.02. The highest BCUT2D eigenvalue weighted by atomic mass is 79.9. The summed E-state index contributed by atoms with van der Waals surface area (Å²) in [7, 11) is 1.65. The summed E-state index contributed by atoms with van der Waals surface area (Å²) in [6.07, 6.45) is 0.885.